The molecule has 0 radical (unpaired) electrons. The first-order chi connectivity index (χ1) is 15.7. The lowest BCUT2D eigenvalue weighted by Crippen LogP contribution is -2.23. The number of benzene rings is 2. The highest BCUT2D eigenvalue weighted by Gasteiger charge is 2.22. The summed E-state index contributed by atoms with van der Waals surface area (Å²) in [6.07, 6.45) is 0. The van der Waals surface area contributed by atoms with Gasteiger partial charge in [-0.05, 0) is 51.5 Å². The van der Waals surface area contributed by atoms with E-state index in [1.165, 1.54) is 4.68 Å². The molecule has 4 aromatic rings. The number of esters is 1. The normalized spacial score (nSPS) is 11.5. The summed E-state index contributed by atoms with van der Waals surface area (Å²) in [6.45, 7) is 7.96. The van der Waals surface area contributed by atoms with Crippen LogP contribution in [0.15, 0.2) is 47.3 Å². The molecule has 2 heterocycles. The summed E-state index contributed by atoms with van der Waals surface area (Å²) in [7, 11) is 1.77. The fourth-order valence-corrected chi connectivity index (χ4v) is 4.22. The number of hydrogen-bond acceptors (Lipinski definition) is 5. The molecule has 2 N–H and O–H groups in total. The Morgan fingerprint density at radius 1 is 1.12 bits per heavy atom. The van der Waals surface area contributed by atoms with E-state index >= 15 is 0 Å². The molecule has 0 aliphatic rings. The van der Waals surface area contributed by atoms with Gasteiger partial charge in [0.15, 0.2) is 0 Å². The van der Waals surface area contributed by atoms with E-state index in [1.807, 2.05) is 63.2 Å². The van der Waals surface area contributed by atoms with Gasteiger partial charge < -0.3 is 10.5 Å². The van der Waals surface area contributed by atoms with Crippen molar-refractivity contribution in [1.82, 2.24) is 18.9 Å². The van der Waals surface area contributed by atoms with Crippen LogP contribution < -0.4 is 11.4 Å². The van der Waals surface area contributed by atoms with Crippen LogP contribution in [0.4, 0.5) is 5.82 Å². The quantitative estimate of drug-likeness (QED) is 0.452. The zero-order valence-electron chi connectivity index (χ0n) is 19.6. The van der Waals surface area contributed by atoms with Gasteiger partial charge in [-0.15, -0.1) is 0 Å². The third-order valence-corrected chi connectivity index (χ3v) is 5.76. The minimum Gasteiger partial charge on any atom is -0.465 e. The van der Waals surface area contributed by atoms with Crippen LogP contribution in [0.3, 0.4) is 0 Å². The Bertz CT molecular complexity index is 1410. The molecule has 0 saturated carbocycles. The third-order valence-electron chi connectivity index (χ3n) is 5.76. The molecule has 0 fully saturated rings. The van der Waals surface area contributed by atoms with E-state index in [-0.39, 0.29) is 24.9 Å². The van der Waals surface area contributed by atoms with Crippen LogP contribution in [0.2, 0.25) is 0 Å². The Balaban J connectivity index is 1.95. The molecule has 0 bridgehead atoms. The Morgan fingerprint density at radius 2 is 1.88 bits per heavy atom. The van der Waals surface area contributed by atoms with Crippen LogP contribution in [0.25, 0.3) is 33.4 Å². The van der Waals surface area contributed by atoms with Gasteiger partial charge in [0.2, 0.25) is 0 Å². The van der Waals surface area contributed by atoms with Crippen LogP contribution in [0.5, 0.6) is 0 Å². The largest absolute Gasteiger partial charge is 0.465 e. The minimum absolute atomic E-state index is 0.0345. The van der Waals surface area contributed by atoms with Gasteiger partial charge in [-0.2, -0.15) is 5.10 Å². The van der Waals surface area contributed by atoms with E-state index in [4.69, 9.17) is 15.6 Å². The lowest BCUT2D eigenvalue weighted by molar-refractivity contribution is -0.143. The summed E-state index contributed by atoms with van der Waals surface area (Å²) >= 11 is 0. The van der Waals surface area contributed by atoms with Crippen molar-refractivity contribution in [2.45, 2.75) is 40.3 Å². The smallest absolute Gasteiger partial charge is 0.329 e. The maximum atomic E-state index is 12.8. The van der Waals surface area contributed by atoms with Crippen LogP contribution in [0, 0.1) is 6.92 Å². The van der Waals surface area contributed by atoms with Gasteiger partial charge >= 0.3 is 11.7 Å². The zero-order valence-corrected chi connectivity index (χ0v) is 19.6. The summed E-state index contributed by atoms with van der Waals surface area (Å²) in [6, 6.07) is 13.9. The van der Waals surface area contributed by atoms with Crippen molar-refractivity contribution in [2.24, 2.45) is 7.05 Å². The number of nitrogens with two attached hydrogens (primary N) is 1. The van der Waals surface area contributed by atoms with Crippen LogP contribution >= 0.6 is 0 Å². The summed E-state index contributed by atoms with van der Waals surface area (Å²) < 4.78 is 9.99. The molecule has 2 aromatic heterocycles. The maximum absolute atomic E-state index is 12.8. The Hall–Kier alpha value is -3.81. The molecule has 0 aliphatic carbocycles. The summed E-state index contributed by atoms with van der Waals surface area (Å²) in [5.74, 6) is -0.0342. The van der Waals surface area contributed by atoms with E-state index in [2.05, 4.69) is 0 Å². The monoisotopic (exact) mass is 447 g/mol. The van der Waals surface area contributed by atoms with Gasteiger partial charge in [-0.1, -0.05) is 29.8 Å². The van der Waals surface area contributed by atoms with E-state index in [9.17, 15) is 9.59 Å². The average molecular weight is 448 g/mol. The number of carbonyl (C=O) groups excluding carboxylic acids is 1. The SMILES string of the molecule is CCOC(=O)Cn1nc(-c2cccc(C)c2)c(-c2ccc3c(c2)n(C)c(=O)n3C(C)C)c1N. The number of rotatable bonds is 6. The highest BCUT2D eigenvalue weighted by atomic mass is 16.5. The number of aryl methyl sites for hydroxylation is 2. The summed E-state index contributed by atoms with van der Waals surface area (Å²) in [5.41, 5.74) is 12.3. The van der Waals surface area contributed by atoms with E-state index in [1.54, 1.807) is 23.1 Å². The van der Waals surface area contributed by atoms with E-state index < -0.39 is 5.97 Å². The lowest BCUT2D eigenvalue weighted by atomic mass is 9.99. The first-order valence-corrected chi connectivity index (χ1v) is 11.0. The van der Waals surface area contributed by atoms with Crippen molar-refractivity contribution >= 4 is 22.8 Å². The van der Waals surface area contributed by atoms with Gasteiger partial charge in [0.05, 0.1) is 23.2 Å². The highest BCUT2D eigenvalue weighted by Crippen LogP contribution is 2.38. The zero-order chi connectivity index (χ0) is 23.9. The molecular formula is C25H29N5O3. The van der Waals surface area contributed by atoms with E-state index in [0.29, 0.717) is 11.5 Å². The van der Waals surface area contributed by atoms with Gasteiger partial charge in [0, 0.05) is 18.7 Å². The Kier molecular flexibility index (Phi) is 5.84. The molecule has 33 heavy (non-hydrogen) atoms. The van der Waals surface area contributed by atoms with E-state index in [0.717, 1.165) is 33.3 Å². The number of ether oxygens (including phenoxy) is 1. The van der Waals surface area contributed by atoms with Crippen LogP contribution in [0.1, 0.15) is 32.4 Å². The van der Waals surface area contributed by atoms with Gasteiger partial charge in [0.25, 0.3) is 0 Å². The number of aromatic nitrogens is 4. The molecule has 0 saturated heterocycles. The average Bonchev–Trinajstić information content (AvgIpc) is 3.22. The van der Waals surface area contributed by atoms with Crippen molar-refractivity contribution in [3.05, 3.63) is 58.5 Å². The lowest BCUT2D eigenvalue weighted by Gasteiger charge is -2.09. The first kappa shape index (κ1) is 22.4. The number of anilines is 1. The van der Waals surface area contributed by atoms with Gasteiger partial charge in [0.1, 0.15) is 18.1 Å². The number of fused-ring (bicyclic) bond motifs is 1. The second-order valence-electron chi connectivity index (χ2n) is 8.45. The van der Waals surface area contributed by atoms with Crippen molar-refractivity contribution < 1.29 is 9.53 Å². The van der Waals surface area contributed by atoms with Gasteiger partial charge in [-0.3, -0.25) is 13.9 Å². The predicted molar refractivity (Wildman–Crippen MR) is 130 cm³/mol. The predicted octanol–water partition coefficient (Wildman–Crippen LogP) is 3.91. The molecule has 4 rings (SSSR count). The molecule has 0 unspecified atom stereocenters. The van der Waals surface area contributed by atoms with Crippen LogP contribution in [-0.4, -0.2) is 31.5 Å². The molecule has 172 valence electrons. The molecule has 0 spiro atoms. The first-order valence-electron chi connectivity index (χ1n) is 11.0. The second kappa shape index (κ2) is 8.61. The summed E-state index contributed by atoms with van der Waals surface area (Å²) in [5, 5.41) is 4.69. The van der Waals surface area contributed by atoms with Crippen LogP contribution in [-0.2, 0) is 23.1 Å². The molecule has 2 aromatic carbocycles. The minimum atomic E-state index is -0.402. The van der Waals surface area contributed by atoms with Crippen molar-refractivity contribution in [1.29, 1.82) is 0 Å². The number of carbonyl (C=O) groups is 1. The Labute approximate surface area is 192 Å². The molecule has 0 atom stereocenters. The van der Waals surface area contributed by atoms with Crippen molar-refractivity contribution in [3.8, 4) is 22.4 Å². The fraction of sp³-hybridized carbons (Fsp3) is 0.320. The van der Waals surface area contributed by atoms with Gasteiger partial charge in [-0.25, -0.2) is 9.48 Å². The standard InChI is InChI=1S/C25H29N5O3/c1-6-33-21(31)14-29-24(26)22(23(27-29)18-9-7-8-16(4)12-18)17-10-11-19-20(13-17)28(5)25(32)30(19)15(2)3/h7-13,15H,6,14,26H2,1-5H3. The van der Waals surface area contributed by atoms with Crippen molar-refractivity contribution in [2.75, 3.05) is 12.3 Å². The number of hydrogen-bond donors (Lipinski definition) is 1. The third kappa shape index (κ3) is 3.92. The molecule has 0 amide bonds. The highest BCUT2D eigenvalue weighted by molar-refractivity contribution is 5.92. The summed E-state index contributed by atoms with van der Waals surface area (Å²) in [4.78, 5) is 24.9. The maximum Gasteiger partial charge on any atom is 0.329 e. The Morgan fingerprint density at radius 3 is 2.55 bits per heavy atom. The number of imidazole rings is 1. The molecule has 0 aliphatic heterocycles. The molecule has 8 nitrogen and oxygen atoms in total. The fourth-order valence-electron chi connectivity index (χ4n) is 4.22. The molecular weight excluding hydrogens is 418 g/mol. The second-order valence-corrected chi connectivity index (χ2v) is 8.45. The topological polar surface area (TPSA) is 97.1 Å². The number of nitrogen functional groups attached to an aromatic ring is 1. The molecule has 8 heteroatoms. The number of nitrogens with zero attached hydrogens (tertiary/aromatic N) is 4. The van der Waals surface area contributed by atoms with Crippen molar-refractivity contribution in [3.63, 3.8) is 0 Å².